The van der Waals surface area contributed by atoms with Gasteiger partial charge in [0, 0.05) is 12.8 Å². The third-order valence-electron chi connectivity index (χ3n) is 3.82. The van der Waals surface area contributed by atoms with E-state index in [9.17, 15) is 4.79 Å². The maximum atomic E-state index is 10.6. The van der Waals surface area contributed by atoms with Gasteiger partial charge >= 0.3 is 0 Å². The highest BCUT2D eigenvalue weighted by Gasteiger charge is 2.14. The standard InChI is InChI=1S/C7H14O.C7H12O.2C2H6/c2*1-6-2-4-7(8)5-3-6;2*1-2/h6-8H,2-5H2,1H3;6H,2-5H2,1H3;2*1-2H3. The summed E-state index contributed by atoms with van der Waals surface area (Å²) >= 11 is 0. The summed E-state index contributed by atoms with van der Waals surface area (Å²) in [5.74, 6) is 2.12. The Hall–Kier alpha value is -0.370. The lowest BCUT2D eigenvalue weighted by molar-refractivity contribution is -0.120. The molecule has 0 aromatic rings. The summed E-state index contributed by atoms with van der Waals surface area (Å²) in [5.41, 5.74) is 0. The second-order valence-corrected chi connectivity index (χ2v) is 5.63. The average molecular weight is 286 g/mol. The SMILES string of the molecule is CC.CC.CC1CCC(=O)CC1.CC1CCC(O)CC1. The molecular formula is C18H38O2. The molecule has 2 heteroatoms. The van der Waals surface area contributed by atoms with E-state index in [1.807, 2.05) is 27.7 Å². The molecule has 122 valence electrons. The van der Waals surface area contributed by atoms with Crippen LogP contribution >= 0.6 is 0 Å². The first-order valence-electron chi connectivity index (χ1n) is 8.77. The van der Waals surface area contributed by atoms with Crippen molar-refractivity contribution in [2.45, 2.75) is 99.0 Å². The van der Waals surface area contributed by atoms with Crippen molar-refractivity contribution in [1.29, 1.82) is 0 Å². The summed E-state index contributed by atoms with van der Waals surface area (Å²) in [6.45, 7) is 12.5. The van der Waals surface area contributed by atoms with Gasteiger partial charge in [0.25, 0.3) is 0 Å². The van der Waals surface area contributed by atoms with Crippen LogP contribution in [-0.2, 0) is 4.79 Å². The molecule has 0 bridgehead atoms. The molecule has 0 spiro atoms. The Morgan fingerprint density at radius 2 is 1.10 bits per heavy atom. The Morgan fingerprint density at radius 1 is 0.750 bits per heavy atom. The van der Waals surface area contributed by atoms with E-state index in [1.165, 1.54) is 12.8 Å². The first-order chi connectivity index (χ1) is 9.58. The molecular weight excluding hydrogens is 248 g/mol. The molecule has 0 heterocycles. The molecule has 0 amide bonds. The van der Waals surface area contributed by atoms with Crippen LogP contribution in [0.4, 0.5) is 0 Å². The third kappa shape index (κ3) is 12.7. The van der Waals surface area contributed by atoms with Crippen molar-refractivity contribution in [3.63, 3.8) is 0 Å². The van der Waals surface area contributed by atoms with Crippen molar-refractivity contribution in [3.8, 4) is 0 Å². The van der Waals surface area contributed by atoms with E-state index in [0.717, 1.165) is 50.4 Å². The van der Waals surface area contributed by atoms with Gasteiger partial charge in [-0.1, -0.05) is 41.5 Å². The number of ketones is 1. The lowest BCUT2D eigenvalue weighted by atomic mass is 9.89. The maximum Gasteiger partial charge on any atom is 0.132 e. The molecule has 0 atom stereocenters. The van der Waals surface area contributed by atoms with Gasteiger partial charge in [0.05, 0.1) is 6.10 Å². The van der Waals surface area contributed by atoms with Crippen LogP contribution in [0.25, 0.3) is 0 Å². The predicted octanol–water partition coefficient (Wildman–Crippen LogP) is 5.38. The monoisotopic (exact) mass is 286 g/mol. The van der Waals surface area contributed by atoms with Crippen molar-refractivity contribution in [3.05, 3.63) is 0 Å². The number of carbonyl (C=O) groups excluding carboxylic acids is 1. The van der Waals surface area contributed by atoms with Gasteiger partial charge in [-0.25, -0.2) is 0 Å². The third-order valence-corrected chi connectivity index (χ3v) is 3.82. The highest BCUT2D eigenvalue weighted by molar-refractivity contribution is 5.78. The van der Waals surface area contributed by atoms with E-state index in [0.29, 0.717) is 5.78 Å². The summed E-state index contributed by atoms with van der Waals surface area (Å²) in [6.07, 6.45) is 8.44. The lowest BCUT2D eigenvalue weighted by Gasteiger charge is -2.21. The van der Waals surface area contributed by atoms with Crippen LogP contribution in [0.5, 0.6) is 0 Å². The molecule has 2 saturated carbocycles. The minimum absolute atomic E-state index is 0.0196. The fourth-order valence-corrected chi connectivity index (χ4v) is 2.33. The number of rotatable bonds is 0. The number of hydrogen-bond donors (Lipinski definition) is 1. The van der Waals surface area contributed by atoms with Gasteiger partial charge in [-0.05, 0) is 50.4 Å². The number of hydrogen-bond acceptors (Lipinski definition) is 2. The normalized spacial score (nSPS) is 26.1. The highest BCUT2D eigenvalue weighted by Crippen LogP contribution is 2.22. The summed E-state index contributed by atoms with van der Waals surface area (Å²) in [5, 5.41) is 9.03. The van der Waals surface area contributed by atoms with Gasteiger partial charge in [0.15, 0.2) is 0 Å². The molecule has 0 aromatic carbocycles. The van der Waals surface area contributed by atoms with E-state index in [1.54, 1.807) is 0 Å². The number of Topliss-reactive ketones (excluding diaryl/α,β-unsaturated/α-hetero) is 1. The van der Waals surface area contributed by atoms with Crippen LogP contribution in [-0.4, -0.2) is 17.0 Å². The average Bonchev–Trinajstić information content (AvgIpc) is 2.50. The van der Waals surface area contributed by atoms with Crippen molar-refractivity contribution in [2.24, 2.45) is 11.8 Å². The molecule has 2 nitrogen and oxygen atoms in total. The van der Waals surface area contributed by atoms with Gasteiger partial charge in [-0.2, -0.15) is 0 Å². The second-order valence-electron chi connectivity index (χ2n) is 5.63. The summed E-state index contributed by atoms with van der Waals surface area (Å²) in [4.78, 5) is 10.6. The Balaban J connectivity index is 0. The van der Waals surface area contributed by atoms with E-state index in [2.05, 4.69) is 13.8 Å². The van der Waals surface area contributed by atoms with Gasteiger partial charge in [-0.3, -0.25) is 4.79 Å². The van der Waals surface area contributed by atoms with Gasteiger partial charge in [0.2, 0.25) is 0 Å². The zero-order valence-electron chi connectivity index (χ0n) is 14.7. The van der Waals surface area contributed by atoms with Crippen LogP contribution in [0.3, 0.4) is 0 Å². The molecule has 20 heavy (non-hydrogen) atoms. The minimum Gasteiger partial charge on any atom is -0.393 e. The topological polar surface area (TPSA) is 37.3 Å². The van der Waals surface area contributed by atoms with Crippen molar-refractivity contribution < 1.29 is 9.90 Å². The van der Waals surface area contributed by atoms with Crippen LogP contribution in [0.1, 0.15) is 92.9 Å². The molecule has 0 radical (unpaired) electrons. The summed E-state index contributed by atoms with van der Waals surface area (Å²) < 4.78 is 0. The Labute approximate surface area is 127 Å². The minimum atomic E-state index is 0.0196. The first-order valence-corrected chi connectivity index (χ1v) is 8.77. The van der Waals surface area contributed by atoms with Gasteiger partial charge in [-0.15, -0.1) is 0 Å². The van der Waals surface area contributed by atoms with Crippen molar-refractivity contribution in [2.75, 3.05) is 0 Å². The fraction of sp³-hybridized carbons (Fsp3) is 0.944. The molecule has 2 rings (SSSR count). The molecule has 0 saturated heterocycles. The Bertz CT molecular complexity index is 185. The summed E-state index contributed by atoms with van der Waals surface area (Å²) in [6, 6.07) is 0. The fourth-order valence-electron chi connectivity index (χ4n) is 2.33. The lowest BCUT2D eigenvalue weighted by Crippen LogP contribution is -2.15. The number of aliphatic hydroxyl groups is 1. The molecule has 0 aliphatic heterocycles. The van der Waals surface area contributed by atoms with Crippen LogP contribution in [0.2, 0.25) is 0 Å². The second kappa shape index (κ2) is 15.0. The molecule has 1 N–H and O–H groups in total. The van der Waals surface area contributed by atoms with E-state index >= 15 is 0 Å². The first kappa shape index (κ1) is 21.9. The van der Waals surface area contributed by atoms with Gasteiger partial charge < -0.3 is 5.11 Å². The van der Waals surface area contributed by atoms with E-state index in [4.69, 9.17) is 5.11 Å². The largest absolute Gasteiger partial charge is 0.393 e. The Morgan fingerprint density at radius 3 is 1.40 bits per heavy atom. The smallest absolute Gasteiger partial charge is 0.132 e. The molecule has 0 unspecified atom stereocenters. The Kier molecular flexibility index (Phi) is 16.5. The zero-order valence-corrected chi connectivity index (χ0v) is 14.7. The van der Waals surface area contributed by atoms with Gasteiger partial charge in [0.1, 0.15) is 5.78 Å². The molecule has 0 aromatic heterocycles. The quantitative estimate of drug-likeness (QED) is 0.649. The van der Waals surface area contributed by atoms with Crippen molar-refractivity contribution >= 4 is 5.78 Å². The molecule has 2 aliphatic rings. The predicted molar refractivity (Wildman–Crippen MR) is 89.0 cm³/mol. The van der Waals surface area contributed by atoms with E-state index in [-0.39, 0.29) is 6.10 Å². The summed E-state index contributed by atoms with van der Waals surface area (Å²) in [7, 11) is 0. The highest BCUT2D eigenvalue weighted by atomic mass is 16.3. The molecule has 2 aliphatic carbocycles. The van der Waals surface area contributed by atoms with E-state index < -0.39 is 0 Å². The number of carbonyl (C=O) groups is 1. The van der Waals surface area contributed by atoms with Crippen LogP contribution in [0.15, 0.2) is 0 Å². The number of aliphatic hydroxyl groups excluding tert-OH is 1. The zero-order chi connectivity index (χ0) is 16.0. The maximum absolute atomic E-state index is 10.6. The van der Waals surface area contributed by atoms with Crippen molar-refractivity contribution in [1.82, 2.24) is 0 Å². The van der Waals surface area contributed by atoms with Crippen LogP contribution < -0.4 is 0 Å². The van der Waals surface area contributed by atoms with Crippen LogP contribution in [0, 0.1) is 11.8 Å². The molecule has 2 fully saturated rings.